The van der Waals surface area contributed by atoms with Gasteiger partial charge in [0.15, 0.2) is 0 Å². The monoisotopic (exact) mass is 461 g/mol. The second kappa shape index (κ2) is 10.7. The Morgan fingerprint density at radius 1 is 1.07 bits per heavy atom. The van der Waals surface area contributed by atoms with Crippen molar-refractivity contribution in [2.24, 2.45) is 0 Å². The molecule has 0 unspecified atom stereocenters. The van der Waals surface area contributed by atoms with Gasteiger partial charge in [0.25, 0.3) is 0 Å². The van der Waals surface area contributed by atoms with Crippen LogP contribution < -0.4 is 5.32 Å². The predicted octanol–water partition coefficient (Wildman–Crippen LogP) is 3.88. The molecule has 0 spiro atoms. The van der Waals surface area contributed by atoms with Crippen LogP contribution >= 0.6 is 11.6 Å². The number of alkyl halides is 6. The lowest BCUT2D eigenvalue weighted by molar-refractivity contribution is -0.174. The van der Waals surface area contributed by atoms with Gasteiger partial charge in [0.05, 0.1) is 22.8 Å². The fourth-order valence-corrected chi connectivity index (χ4v) is 3.24. The molecule has 1 aromatic rings. The zero-order valence-corrected chi connectivity index (χ0v) is 16.7. The van der Waals surface area contributed by atoms with E-state index in [1.807, 2.05) is 4.90 Å². The van der Waals surface area contributed by atoms with Gasteiger partial charge in [-0.1, -0.05) is 17.7 Å². The minimum absolute atomic E-state index is 0.00149. The summed E-state index contributed by atoms with van der Waals surface area (Å²) in [6, 6.07) is 3.27. The Balaban J connectivity index is 1.74. The summed E-state index contributed by atoms with van der Waals surface area (Å²) in [5.41, 5.74) is -1.48. The number of anilines is 1. The zero-order chi connectivity index (χ0) is 22.4. The van der Waals surface area contributed by atoms with Crippen molar-refractivity contribution in [3.63, 3.8) is 0 Å². The summed E-state index contributed by atoms with van der Waals surface area (Å²) in [7, 11) is 0. The number of ether oxygens (including phenoxy) is 1. The number of carbonyl (C=O) groups excluding carboxylic acids is 1. The number of hydrogen-bond donors (Lipinski definition) is 1. The lowest BCUT2D eigenvalue weighted by Crippen LogP contribution is -2.48. The van der Waals surface area contributed by atoms with E-state index in [2.05, 4.69) is 10.1 Å². The number of rotatable bonds is 8. The molecule has 170 valence electrons. The fourth-order valence-electron chi connectivity index (χ4n) is 3.02. The van der Waals surface area contributed by atoms with Gasteiger partial charge in [-0.05, 0) is 18.6 Å². The Labute approximate surface area is 174 Å². The van der Waals surface area contributed by atoms with E-state index in [0.717, 1.165) is 12.1 Å². The molecule has 1 aliphatic heterocycles. The van der Waals surface area contributed by atoms with E-state index >= 15 is 0 Å². The Morgan fingerprint density at radius 3 is 2.30 bits per heavy atom. The second-order valence-electron chi connectivity index (χ2n) is 6.85. The maximum absolute atomic E-state index is 13.1. The van der Waals surface area contributed by atoms with Gasteiger partial charge in [-0.3, -0.25) is 9.69 Å². The number of nitrogens with zero attached hydrogens (tertiary/aromatic N) is 2. The zero-order valence-electron chi connectivity index (χ0n) is 16.0. The van der Waals surface area contributed by atoms with Crippen LogP contribution in [0.2, 0.25) is 5.02 Å². The van der Waals surface area contributed by atoms with Crippen molar-refractivity contribution in [1.29, 1.82) is 0 Å². The van der Waals surface area contributed by atoms with Gasteiger partial charge < -0.3 is 15.0 Å². The average Bonchev–Trinajstić information content (AvgIpc) is 2.62. The molecule has 1 amide bonds. The summed E-state index contributed by atoms with van der Waals surface area (Å²) in [4.78, 5) is 16.0. The first-order valence-corrected chi connectivity index (χ1v) is 9.58. The third kappa shape index (κ3) is 8.29. The molecular formula is C18H22ClF6N3O2. The topological polar surface area (TPSA) is 44.8 Å². The molecule has 1 saturated heterocycles. The van der Waals surface area contributed by atoms with Crippen LogP contribution in [0.4, 0.5) is 32.0 Å². The molecule has 12 heteroatoms. The highest BCUT2D eigenvalue weighted by atomic mass is 35.5. The molecular weight excluding hydrogens is 440 g/mol. The third-order valence-electron chi connectivity index (χ3n) is 4.44. The van der Waals surface area contributed by atoms with Crippen LogP contribution in [0.15, 0.2) is 18.2 Å². The summed E-state index contributed by atoms with van der Waals surface area (Å²) in [5.74, 6) is -0.609. The number of benzene rings is 1. The highest BCUT2D eigenvalue weighted by molar-refractivity contribution is 6.34. The molecule has 1 heterocycles. The van der Waals surface area contributed by atoms with Crippen LogP contribution in [0, 0.1) is 0 Å². The van der Waals surface area contributed by atoms with E-state index in [1.165, 1.54) is 6.07 Å². The number of halogens is 7. The minimum Gasteiger partial charge on any atom is -0.372 e. The molecule has 1 aromatic carbocycles. The van der Waals surface area contributed by atoms with E-state index in [-0.39, 0.29) is 18.2 Å². The van der Waals surface area contributed by atoms with Crippen molar-refractivity contribution in [3.05, 3.63) is 28.8 Å². The van der Waals surface area contributed by atoms with E-state index in [9.17, 15) is 31.1 Å². The number of amides is 1. The lowest BCUT2D eigenvalue weighted by Gasteiger charge is -2.34. The molecule has 0 atom stereocenters. The number of piperazine rings is 1. The molecule has 2 rings (SSSR count). The first kappa shape index (κ1) is 24.7. The Morgan fingerprint density at radius 2 is 1.70 bits per heavy atom. The highest BCUT2D eigenvalue weighted by Crippen LogP contribution is 2.38. The summed E-state index contributed by atoms with van der Waals surface area (Å²) in [6.45, 7) is 1.40. The molecule has 1 aliphatic rings. The van der Waals surface area contributed by atoms with E-state index in [0.29, 0.717) is 39.1 Å². The Bertz CT molecular complexity index is 706. The van der Waals surface area contributed by atoms with Crippen LogP contribution in [0.25, 0.3) is 0 Å². The van der Waals surface area contributed by atoms with Crippen molar-refractivity contribution >= 4 is 23.2 Å². The molecule has 0 saturated carbocycles. The number of para-hydroxylation sites is 1. The predicted molar refractivity (Wildman–Crippen MR) is 99.5 cm³/mol. The maximum atomic E-state index is 13.1. The van der Waals surface area contributed by atoms with Gasteiger partial charge >= 0.3 is 12.4 Å². The number of hydrogen-bond acceptors (Lipinski definition) is 4. The van der Waals surface area contributed by atoms with Crippen LogP contribution in [0.3, 0.4) is 0 Å². The number of carbonyl (C=O) groups is 1. The van der Waals surface area contributed by atoms with Gasteiger partial charge in [0.1, 0.15) is 6.61 Å². The maximum Gasteiger partial charge on any atom is 0.418 e. The summed E-state index contributed by atoms with van der Waals surface area (Å²) >= 11 is 5.83. The average molecular weight is 462 g/mol. The first-order valence-electron chi connectivity index (χ1n) is 9.20. The van der Waals surface area contributed by atoms with Crippen LogP contribution in [0.5, 0.6) is 0 Å². The Hall–Kier alpha value is -1.56. The van der Waals surface area contributed by atoms with Crippen molar-refractivity contribution in [2.75, 3.05) is 57.8 Å². The quantitative estimate of drug-likeness (QED) is 0.471. The molecule has 30 heavy (non-hydrogen) atoms. The first-order chi connectivity index (χ1) is 14.0. The largest absolute Gasteiger partial charge is 0.418 e. The van der Waals surface area contributed by atoms with Gasteiger partial charge in [-0.25, -0.2) is 0 Å². The summed E-state index contributed by atoms with van der Waals surface area (Å²) < 4.78 is 79.8. The molecule has 0 radical (unpaired) electrons. The van der Waals surface area contributed by atoms with Gasteiger partial charge in [-0.15, -0.1) is 0 Å². The van der Waals surface area contributed by atoms with Crippen molar-refractivity contribution in [2.45, 2.75) is 18.8 Å². The van der Waals surface area contributed by atoms with Gasteiger partial charge in [0.2, 0.25) is 5.91 Å². The molecule has 0 aromatic heterocycles. The van der Waals surface area contributed by atoms with E-state index in [4.69, 9.17) is 11.6 Å². The minimum atomic E-state index is -4.65. The van der Waals surface area contributed by atoms with Crippen LogP contribution in [0.1, 0.15) is 12.0 Å². The number of nitrogens with one attached hydrogen (secondary N) is 1. The molecule has 1 N–H and O–H groups in total. The normalized spacial score (nSPS) is 16.6. The van der Waals surface area contributed by atoms with Gasteiger partial charge in [0, 0.05) is 39.3 Å². The smallest absolute Gasteiger partial charge is 0.372 e. The van der Waals surface area contributed by atoms with E-state index in [1.54, 1.807) is 4.90 Å². The molecule has 0 aliphatic carbocycles. The highest BCUT2D eigenvalue weighted by Gasteiger charge is 2.35. The van der Waals surface area contributed by atoms with Crippen LogP contribution in [-0.4, -0.2) is 74.4 Å². The van der Waals surface area contributed by atoms with Crippen molar-refractivity contribution in [3.8, 4) is 0 Å². The summed E-state index contributed by atoms with van der Waals surface area (Å²) in [5, 5.41) is 2.05. The van der Waals surface area contributed by atoms with Crippen molar-refractivity contribution < 1.29 is 35.9 Å². The fraction of sp³-hybridized carbons (Fsp3) is 0.611. The van der Waals surface area contributed by atoms with Crippen molar-refractivity contribution in [1.82, 2.24) is 9.80 Å². The summed E-state index contributed by atoms with van der Waals surface area (Å²) in [6.07, 6.45) is -8.54. The standard InChI is InChI=1S/C18H22ClF6N3O2/c19-14-4-1-3-13(18(23,24)25)16(14)26-15(29)11-28-8-6-27(7-9-28)5-2-10-30-12-17(20,21)22/h1,3-4H,2,5-12H2,(H,26,29). The molecule has 1 fully saturated rings. The second-order valence-corrected chi connectivity index (χ2v) is 7.25. The molecule has 0 bridgehead atoms. The lowest BCUT2D eigenvalue weighted by atomic mass is 10.1. The molecule has 5 nitrogen and oxygen atoms in total. The van der Waals surface area contributed by atoms with Gasteiger partial charge in [-0.2, -0.15) is 26.3 Å². The van der Waals surface area contributed by atoms with Crippen LogP contribution in [-0.2, 0) is 15.7 Å². The van der Waals surface area contributed by atoms with E-state index < -0.39 is 36.1 Å². The third-order valence-corrected chi connectivity index (χ3v) is 4.76. The Kier molecular flexibility index (Phi) is 8.77. The SMILES string of the molecule is O=C(CN1CCN(CCCOCC(F)(F)F)CC1)Nc1c(Cl)cccc1C(F)(F)F.